The SMILES string of the molecule is O=C1Nc2ccc(Br)cc2NC12CCCCC2. The quantitative estimate of drug-likeness (QED) is 0.769. The molecule has 2 N–H and O–H groups in total. The van der Waals surface area contributed by atoms with Crippen LogP contribution in [0.2, 0.25) is 0 Å². The fraction of sp³-hybridized carbons (Fsp3) is 0.462. The van der Waals surface area contributed by atoms with E-state index in [0.717, 1.165) is 41.5 Å². The Balaban J connectivity index is 1.98. The number of anilines is 2. The van der Waals surface area contributed by atoms with Gasteiger partial charge in [-0.3, -0.25) is 4.79 Å². The predicted octanol–water partition coefficient (Wildman–Crippen LogP) is 3.52. The molecule has 1 aromatic rings. The Morgan fingerprint density at radius 3 is 2.65 bits per heavy atom. The molecule has 3 rings (SSSR count). The highest BCUT2D eigenvalue weighted by Crippen LogP contribution is 2.39. The highest BCUT2D eigenvalue weighted by Gasteiger charge is 2.42. The van der Waals surface area contributed by atoms with Crippen LogP contribution in [-0.4, -0.2) is 11.4 Å². The van der Waals surface area contributed by atoms with Crippen LogP contribution >= 0.6 is 15.9 Å². The van der Waals surface area contributed by atoms with Gasteiger partial charge in [-0.1, -0.05) is 35.2 Å². The number of carbonyl (C=O) groups excluding carboxylic acids is 1. The van der Waals surface area contributed by atoms with E-state index in [1.165, 1.54) is 6.42 Å². The smallest absolute Gasteiger partial charge is 0.250 e. The van der Waals surface area contributed by atoms with E-state index in [1.54, 1.807) is 0 Å². The average molecular weight is 295 g/mol. The van der Waals surface area contributed by atoms with Crippen LogP contribution in [-0.2, 0) is 4.79 Å². The van der Waals surface area contributed by atoms with Gasteiger partial charge in [-0.05, 0) is 31.0 Å². The molecule has 0 unspecified atom stereocenters. The first-order valence-corrected chi connectivity index (χ1v) is 6.88. The van der Waals surface area contributed by atoms with Crippen molar-refractivity contribution < 1.29 is 4.79 Å². The summed E-state index contributed by atoms with van der Waals surface area (Å²) in [7, 11) is 0. The second-order valence-electron chi connectivity index (χ2n) is 4.91. The van der Waals surface area contributed by atoms with Crippen molar-refractivity contribution in [3.8, 4) is 0 Å². The summed E-state index contributed by atoms with van der Waals surface area (Å²) < 4.78 is 1.03. The molecule has 1 amide bonds. The number of nitrogens with one attached hydrogen (secondary N) is 2. The van der Waals surface area contributed by atoms with E-state index >= 15 is 0 Å². The maximum Gasteiger partial charge on any atom is 0.250 e. The summed E-state index contributed by atoms with van der Waals surface area (Å²) in [5.74, 6) is 0.132. The Labute approximate surface area is 109 Å². The molecule has 1 heterocycles. The molecule has 1 aliphatic heterocycles. The molecule has 3 nitrogen and oxygen atoms in total. The minimum absolute atomic E-state index is 0.132. The minimum Gasteiger partial charge on any atom is -0.369 e. The summed E-state index contributed by atoms with van der Waals surface area (Å²) >= 11 is 3.47. The number of benzene rings is 1. The zero-order valence-corrected chi connectivity index (χ0v) is 11.1. The van der Waals surface area contributed by atoms with Crippen LogP contribution in [0.25, 0.3) is 0 Å². The second-order valence-corrected chi connectivity index (χ2v) is 5.83. The molecule has 0 bridgehead atoms. The Hall–Kier alpha value is -1.03. The van der Waals surface area contributed by atoms with Gasteiger partial charge in [0.25, 0.3) is 0 Å². The van der Waals surface area contributed by atoms with Crippen molar-refractivity contribution in [3.63, 3.8) is 0 Å². The molecular weight excluding hydrogens is 280 g/mol. The molecule has 1 aliphatic carbocycles. The molecule has 1 saturated carbocycles. The highest BCUT2D eigenvalue weighted by atomic mass is 79.9. The molecule has 2 aliphatic rings. The number of hydrogen-bond acceptors (Lipinski definition) is 2. The molecular formula is C13H15BrN2O. The van der Waals surface area contributed by atoms with Crippen molar-refractivity contribution in [1.82, 2.24) is 0 Å². The van der Waals surface area contributed by atoms with Gasteiger partial charge in [0.05, 0.1) is 11.4 Å². The molecule has 17 heavy (non-hydrogen) atoms. The van der Waals surface area contributed by atoms with Gasteiger partial charge in [-0.25, -0.2) is 0 Å². The van der Waals surface area contributed by atoms with Crippen LogP contribution in [0.15, 0.2) is 22.7 Å². The fourth-order valence-electron chi connectivity index (χ4n) is 2.79. The summed E-state index contributed by atoms with van der Waals surface area (Å²) in [4.78, 5) is 12.2. The van der Waals surface area contributed by atoms with Gasteiger partial charge in [0.1, 0.15) is 5.54 Å². The lowest BCUT2D eigenvalue weighted by molar-refractivity contribution is -0.121. The van der Waals surface area contributed by atoms with E-state index in [4.69, 9.17) is 0 Å². The van der Waals surface area contributed by atoms with Gasteiger partial charge in [0, 0.05) is 4.47 Å². The number of carbonyl (C=O) groups is 1. The molecule has 1 aromatic carbocycles. The molecule has 0 atom stereocenters. The number of halogens is 1. The summed E-state index contributed by atoms with van der Waals surface area (Å²) in [5, 5.41) is 6.49. The Kier molecular flexibility index (Phi) is 2.62. The summed E-state index contributed by atoms with van der Waals surface area (Å²) in [5.41, 5.74) is 1.54. The van der Waals surface area contributed by atoms with Crippen LogP contribution in [0.3, 0.4) is 0 Å². The Morgan fingerprint density at radius 2 is 1.88 bits per heavy atom. The largest absolute Gasteiger partial charge is 0.369 e. The van der Waals surface area contributed by atoms with Crippen LogP contribution in [0.1, 0.15) is 32.1 Å². The van der Waals surface area contributed by atoms with E-state index < -0.39 is 0 Å². The van der Waals surface area contributed by atoms with Crippen molar-refractivity contribution in [3.05, 3.63) is 22.7 Å². The Morgan fingerprint density at radius 1 is 1.12 bits per heavy atom. The zero-order chi connectivity index (χ0) is 11.9. The van der Waals surface area contributed by atoms with E-state index in [1.807, 2.05) is 18.2 Å². The summed E-state index contributed by atoms with van der Waals surface area (Å²) in [6, 6.07) is 5.91. The lowest BCUT2D eigenvalue weighted by atomic mass is 9.79. The monoisotopic (exact) mass is 294 g/mol. The van der Waals surface area contributed by atoms with Gasteiger partial charge < -0.3 is 10.6 Å². The maximum absolute atomic E-state index is 12.2. The molecule has 4 heteroatoms. The lowest BCUT2D eigenvalue weighted by Gasteiger charge is -2.41. The summed E-state index contributed by atoms with van der Waals surface area (Å²) in [6.07, 6.45) is 5.37. The van der Waals surface area contributed by atoms with Crippen molar-refractivity contribution in [1.29, 1.82) is 0 Å². The van der Waals surface area contributed by atoms with Crippen molar-refractivity contribution in [2.24, 2.45) is 0 Å². The molecule has 0 saturated heterocycles. The number of fused-ring (bicyclic) bond motifs is 1. The van der Waals surface area contributed by atoms with Gasteiger partial charge >= 0.3 is 0 Å². The Bertz CT molecular complexity index is 466. The van der Waals surface area contributed by atoms with Crippen LogP contribution in [0.5, 0.6) is 0 Å². The number of rotatable bonds is 0. The third kappa shape index (κ3) is 1.84. The van der Waals surface area contributed by atoms with Crippen LogP contribution in [0.4, 0.5) is 11.4 Å². The van der Waals surface area contributed by atoms with Gasteiger partial charge in [-0.2, -0.15) is 0 Å². The van der Waals surface area contributed by atoms with Gasteiger partial charge in [0.2, 0.25) is 5.91 Å². The maximum atomic E-state index is 12.2. The van der Waals surface area contributed by atoms with Gasteiger partial charge in [0.15, 0.2) is 0 Å². The fourth-order valence-corrected chi connectivity index (χ4v) is 3.15. The predicted molar refractivity (Wildman–Crippen MR) is 72.2 cm³/mol. The van der Waals surface area contributed by atoms with Crippen molar-refractivity contribution >= 4 is 33.2 Å². The van der Waals surface area contributed by atoms with E-state index in [-0.39, 0.29) is 11.4 Å². The molecule has 1 spiro atoms. The zero-order valence-electron chi connectivity index (χ0n) is 9.55. The van der Waals surface area contributed by atoms with E-state index in [2.05, 4.69) is 26.6 Å². The van der Waals surface area contributed by atoms with Crippen molar-refractivity contribution in [2.45, 2.75) is 37.6 Å². The van der Waals surface area contributed by atoms with Crippen LogP contribution in [0, 0.1) is 0 Å². The minimum atomic E-state index is -0.369. The lowest BCUT2D eigenvalue weighted by Crippen LogP contribution is -2.53. The number of hydrogen-bond donors (Lipinski definition) is 2. The standard InChI is InChI=1S/C13H15BrN2O/c14-9-4-5-10-11(8-9)16-13(12(17)15-10)6-2-1-3-7-13/h4-5,8,16H,1-3,6-7H2,(H,15,17). The third-order valence-corrected chi connectivity index (χ3v) is 4.24. The third-order valence-electron chi connectivity index (χ3n) is 3.75. The van der Waals surface area contributed by atoms with E-state index in [0.29, 0.717) is 0 Å². The van der Waals surface area contributed by atoms with E-state index in [9.17, 15) is 4.79 Å². The first-order valence-electron chi connectivity index (χ1n) is 6.09. The van der Waals surface area contributed by atoms with Gasteiger partial charge in [-0.15, -0.1) is 0 Å². The molecule has 0 radical (unpaired) electrons. The first kappa shape index (κ1) is 11.1. The second kappa shape index (κ2) is 4.02. The molecule has 90 valence electrons. The number of amides is 1. The normalized spacial score (nSPS) is 21.6. The molecule has 1 fully saturated rings. The first-order chi connectivity index (χ1) is 8.20. The topological polar surface area (TPSA) is 41.1 Å². The van der Waals surface area contributed by atoms with Crippen LogP contribution < -0.4 is 10.6 Å². The summed E-state index contributed by atoms with van der Waals surface area (Å²) in [6.45, 7) is 0. The highest BCUT2D eigenvalue weighted by molar-refractivity contribution is 9.10. The molecule has 0 aromatic heterocycles. The average Bonchev–Trinajstić information content (AvgIpc) is 2.32. The van der Waals surface area contributed by atoms with Crippen molar-refractivity contribution in [2.75, 3.05) is 10.6 Å².